The van der Waals surface area contributed by atoms with Gasteiger partial charge in [-0.1, -0.05) is 50.8 Å². The Bertz CT molecular complexity index is 350. The third kappa shape index (κ3) is 3.53. The van der Waals surface area contributed by atoms with E-state index in [-0.39, 0.29) is 19.0 Å². The predicted molar refractivity (Wildman–Crippen MR) is 73.0 cm³/mol. The maximum absolute atomic E-state index is 13.9. The van der Waals surface area contributed by atoms with Crippen LogP contribution in [0.4, 0.5) is 4.39 Å². The summed E-state index contributed by atoms with van der Waals surface area (Å²) < 4.78 is 13.9. The molecule has 0 radical (unpaired) electrons. The quantitative estimate of drug-likeness (QED) is 0.700. The van der Waals surface area contributed by atoms with Crippen LogP contribution in [0.5, 0.6) is 0 Å². The highest BCUT2D eigenvalue weighted by Crippen LogP contribution is 2.31. The fourth-order valence-electron chi connectivity index (χ4n) is 2.36. The van der Waals surface area contributed by atoms with Crippen LogP contribution in [0.2, 0.25) is 0 Å². The van der Waals surface area contributed by atoms with Gasteiger partial charge in [0.15, 0.2) is 0 Å². The lowest BCUT2D eigenvalue weighted by Gasteiger charge is -2.31. The Morgan fingerprint density at radius 2 is 1.94 bits per heavy atom. The van der Waals surface area contributed by atoms with E-state index in [1.807, 2.05) is 0 Å². The Balaban J connectivity index is 2.83. The van der Waals surface area contributed by atoms with Crippen molar-refractivity contribution in [2.24, 2.45) is 5.73 Å². The molecule has 3 N–H and O–H groups in total. The molecule has 0 aliphatic rings. The van der Waals surface area contributed by atoms with Crippen molar-refractivity contribution in [1.82, 2.24) is 0 Å². The zero-order valence-electron chi connectivity index (χ0n) is 11.2. The van der Waals surface area contributed by atoms with Gasteiger partial charge in [0, 0.05) is 12.0 Å². The molecule has 0 aliphatic heterocycles. The van der Waals surface area contributed by atoms with E-state index in [0.29, 0.717) is 5.56 Å². The van der Waals surface area contributed by atoms with Crippen molar-refractivity contribution in [2.75, 3.05) is 13.2 Å². The van der Waals surface area contributed by atoms with Gasteiger partial charge in [0.05, 0.1) is 6.61 Å². The second-order valence-electron chi connectivity index (χ2n) is 4.93. The van der Waals surface area contributed by atoms with Gasteiger partial charge in [0.1, 0.15) is 5.82 Å². The van der Waals surface area contributed by atoms with Crippen molar-refractivity contribution in [1.29, 1.82) is 0 Å². The lowest BCUT2D eigenvalue weighted by atomic mass is 9.76. The smallest absolute Gasteiger partial charge is 0.127 e. The molecule has 102 valence electrons. The molecule has 0 heterocycles. The zero-order chi connectivity index (χ0) is 13.4. The summed E-state index contributed by atoms with van der Waals surface area (Å²) in [6, 6.07) is 6.62. The summed E-state index contributed by atoms with van der Waals surface area (Å²) in [5, 5.41) is 9.66. The maximum atomic E-state index is 13.9. The highest BCUT2D eigenvalue weighted by molar-refractivity contribution is 5.28. The SMILES string of the molecule is CCCCCCC(CN)(CO)c1ccccc1F. The molecule has 0 bridgehead atoms. The van der Waals surface area contributed by atoms with Crippen LogP contribution in [-0.4, -0.2) is 18.3 Å². The van der Waals surface area contributed by atoms with Crippen LogP contribution in [0.25, 0.3) is 0 Å². The average Bonchev–Trinajstić information content (AvgIpc) is 2.41. The molecular weight excluding hydrogens is 229 g/mol. The van der Waals surface area contributed by atoms with Crippen molar-refractivity contribution < 1.29 is 9.50 Å². The lowest BCUT2D eigenvalue weighted by Crippen LogP contribution is -2.39. The highest BCUT2D eigenvalue weighted by atomic mass is 19.1. The number of benzene rings is 1. The van der Waals surface area contributed by atoms with Crippen LogP contribution >= 0.6 is 0 Å². The molecule has 0 saturated carbocycles. The molecule has 1 unspecified atom stereocenters. The van der Waals surface area contributed by atoms with Gasteiger partial charge >= 0.3 is 0 Å². The van der Waals surface area contributed by atoms with Crippen molar-refractivity contribution >= 4 is 0 Å². The normalized spacial score (nSPS) is 14.4. The number of halogens is 1. The summed E-state index contributed by atoms with van der Waals surface area (Å²) >= 11 is 0. The number of hydrogen-bond donors (Lipinski definition) is 2. The van der Waals surface area contributed by atoms with Gasteiger partial charge < -0.3 is 10.8 Å². The molecule has 1 rings (SSSR count). The van der Waals surface area contributed by atoms with Crippen molar-refractivity contribution in [3.05, 3.63) is 35.6 Å². The van der Waals surface area contributed by atoms with E-state index >= 15 is 0 Å². The lowest BCUT2D eigenvalue weighted by molar-refractivity contribution is 0.181. The number of hydrogen-bond acceptors (Lipinski definition) is 2. The van der Waals surface area contributed by atoms with Crippen LogP contribution < -0.4 is 5.73 Å². The summed E-state index contributed by atoms with van der Waals surface area (Å²) in [6.45, 7) is 2.33. The Morgan fingerprint density at radius 1 is 1.22 bits per heavy atom. The molecule has 0 fully saturated rings. The van der Waals surface area contributed by atoms with Crippen LogP contribution in [-0.2, 0) is 5.41 Å². The van der Waals surface area contributed by atoms with E-state index in [9.17, 15) is 9.50 Å². The minimum atomic E-state index is -0.626. The first-order chi connectivity index (χ1) is 8.70. The molecule has 2 nitrogen and oxygen atoms in total. The molecule has 0 aromatic heterocycles. The topological polar surface area (TPSA) is 46.2 Å². The standard InChI is InChI=1S/C15H24FNO/c1-2-3-4-7-10-15(11-17,12-18)13-8-5-6-9-14(13)16/h5-6,8-9,18H,2-4,7,10-12,17H2,1H3. The second kappa shape index (κ2) is 7.49. The Morgan fingerprint density at radius 3 is 2.50 bits per heavy atom. The summed E-state index contributed by atoms with van der Waals surface area (Å²) in [7, 11) is 0. The van der Waals surface area contributed by atoms with Crippen molar-refractivity contribution in [3.63, 3.8) is 0 Å². The summed E-state index contributed by atoms with van der Waals surface area (Å²) in [4.78, 5) is 0. The van der Waals surface area contributed by atoms with Crippen LogP contribution in [0.3, 0.4) is 0 Å². The monoisotopic (exact) mass is 253 g/mol. The molecule has 0 amide bonds. The molecule has 1 aromatic rings. The molecule has 0 aliphatic carbocycles. The fraction of sp³-hybridized carbons (Fsp3) is 0.600. The van der Waals surface area contributed by atoms with Crippen LogP contribution in [0.15, 0.2) is 24.3 Å². The van der Waals surface area contributed by atoms with Crippen LogP contribution in [0.1, 0.15) is 44.6 Å². The van der Waals surface area contributed by atoms with Crippen molar-refractivity contribution in [2.45, 2.75) is 44.4 Å². The van der Waals surface area contributed by atoms with Crippen molar-refractivity contribution in [3.8, 4) is 0 Å². The Hall–Kier alpha value is -0.930. The van der Waals surface area contributed by atoms with Gasteiger partial charge in [-0.3, -0.25) is 0 Å². The van der Waals surface area contributed by atoms with Gasteiger partial charge in [-0.2, -0.15) is 0 Å². The minimum Gasteiger partial charge on any atom is -0.395 e. The Labute approximate surface area is 109 Å². The number of aliphatic hydroxyl groups is 1. The molecular formula is C15H24FNO. The summed E-state index contributed by atoms with van der Waals surface area (Å²) in [5.74, 6) is -0.271. The van der Waals surface area contributed by atoms with E-state index in [1.165, 1.54) is 12.5 Å². The molecule has 0 saturated heterocycles. The average molecular weight is 253 g/mol. The number of aliphatic hydroxyl groups excluding tert-OH is 1. The van der Waals surface area contributed by atoms with E-state index < -0.39 is 5.41 Å². The number of unbranched alkanes of at least 4 members (excludes halogenated alkanes) is 3. The third-order valence-electron chi connectivity index (χ3n) is 3.65. The first-order valence-electron chi connectivity index (χ1n) is 6.76. The molecule has 3 heteroatoms. The molecule has 18 heavy (non-hydrogen) atoms. The van der Waals surface area contributed by atoms with Gasteiger partial charge in [-0.05, 0) is 18.1 Å². The maximum Gasteiger partial charge on any atom is 0.127 e. The highest BCUT2D eigenvalue weighted by Gasteiger charge is 2.31. The first-order valence-corrected chi connectivity index (χ1v) is 6.76. The summed E-state index contributed by atoms with van der Waals surface area (Å²) in [5.41, 5.74) is 5.73. The second-order valence-corrected chi connectivity index (χ2v) is 4.93. The van der Waals surface area contributed by atoms with Crippen LogP contribution in [0, 0.1) is 5.82 Å². The minimum absolute atomic E-state index is 0.101. The third-order valence-corrected chi connectivity index (χ3v) is 3.65. The Kier molecular flexibility index (Phi) is 6.30. The van der Waals surface area contributed by atoms with E-state index in [4.69, 9.17) is 5.73 Å². The largest absolute Gasteiger partial charge is 0.395 e. The number of rotatable bonds is 8. The number of nitrogens with two attached hydrogens (primary N) is 1. The molecule has 1 aromatic carbocycles. The summed E-state index contributed by atoms with van der Waals surface area (Å²) in [6.07, 6.45) is 5.14. The first kappa shape index (κ1) is 15.1. The fourth-order valence-corrected chi connectivity index (χ4v) is 2.36. The zero-order valence-corrected chi connectivity index (χ0v) is 11.2. The van der Waals surface area contributed by atoms with E-state index in [2.05, 4.69) is 6.92 Å². The molecule has 1 atom stereocenters. The van der Waals surface area contributed by atoms with E-state index in [0.717, 1.165) is 25.7 Å². The van der Waals surface area contributed by atoms with Gasteiger partial charge in [-0.15, -0.1) is 0 Å². The predicted octanol–water partition coefficient (Wildman–Crippen LogP) is 2.98. The van der Waals surface area contributed by atoms with Gasteiger partial charge in [0.25, 0.3) is 0 Å². The van der Waals surface area contributed by atoms with Gasteiger partial charge in [0.2, 0.25) is 0 Å². The molecule has 0 spiro atoms. The van der Waals surface area contributed by atoms with Gasteiger partial charge in [-0.25, -0.2) is 4.39 Å². The van der Waals surface area contributed by atoms with E-state index in [1.54, 1.807) is 18.2 Å².